The minimum Gasteiger partial charge on any atom is -0.487 e. The third kappa shape index (κ3) is 3.09. The van der Waals surface area contributed by atoms with Gasteiger partial charge in [-0.3, -0.25) is 4.79 Å². The minimum atomic E-state index is -0.839. The molecule has 128 valence electrons. The van der Waals surface area contributed by atoms with E-state index < -0.39 is 36.6 Å². The quantitative estimate of drug-likeness (QED) is 0.486. The summed E-state index contributed by atoms with van der Waals surface area (Å²) >= 11 is 0. The minimum absolute atomic E-state index is 0.220. The highest BCUT2D eigenvalue weighted by Crippen LogP contribution is 2.35. The summed E-state index contributed by atoms with van der Waals surface area (Å²) < 4.78 is 28.2. The van der Waals surface area contributed by atoms with E-state index >= 15 is 0 Å². The summed E-state index contributed by atoms with van der Waals surface area (Å²) in [5.74, 6) is 0.624. The van der Waals surface area contributed by atoms with Crippen molar-refractivity contribution in [2.75, 3.05) is 13.7 Å². The Hall–Kier alpha value is -2.50. The van der Waals surface area contributed by atoms with E-state index in [1.165, 1.54) is 14.0 Å². The number of esters is 1. The number of rotatable bonds is 3. The second kappa shape index (κ2) is 6.95. The molecular formula is C16H18N2O6. The first-order valence-electron chi connectivity index (χ1n) is 7.52. The third-order valence-electron chi connectivity index (χ3n) is 3.93. The molecule has 0 radical (unpaired) electrons. The zero-order valence-corrected chi connectivity index (χ0v) is 13.3. The molecule has 1 aromatic carbocycles. The number of carbonyl (C=O) groups excluding carboxylic acids is 1. The van der Waals surface area contributed by atoms with Crippen molar-refractivity contribution in [1.82, 2.24) is 5.32 Å². The Morgan fingerprint density at radius 1 is 1.38 bits per heavy atom. The van der Waals surface area contributed by atoms with Crippen molar-refractivity contribution in [2.45, 2.75) is 37.6 Å². The highest BCUT2D eigenvalue weighted by atomic mass is 16.7. The predicted octanol–water partition coefficient (Wildman–Crippen LogP) is 0.569. The molecule has 3 rings (SSSR count). The lowest BCUT2D eigenvalue weighted by Gasteiger charge is -2.43. The average molecular weight is 334 g/mol. The molecule has 5 unspecified atom stereocenters. The van der Waals surface area contributed by atoms with Crippen LogP contribution in [-0.2, 0) is 19.0 Å². The number of hydrogen-bond donors (Lipinski definition) is 1. The molecule has 0 spiro atoms. The van der Waals surface area contributed by atoms with E-state index in [0.717, 1.165) is 0 Å². The lowest BCUT2D eigenvalue weighted by molar-refractivity contribution is -0.267. The molecule has 2 aliphatic rings. The topological polar surface area (TPSA) is 99.0 Å². The van der Waals surface area contributed by atoms with Crippen LogP contribution in [0.3, 0.4) is 0 Å². The summed E-state index contributed by atoms with van der Waals surface area (Å²) in [5.41, 5.74) is 0. The summed E-state index contributed by atoms with van der Waals surface area (Å²) in [5, 5.41) is 11.8. The van der Waals surface area contributed by atoms with Gasteiger partial charge in [0.2, 0.25) is 0 Å². The van der Waals surface area contributed by atoms with Crippen LogP contribution in [0.5, 0.6) is 11.5 Å². The maximum Gasteiger partial charge on any atom is 0.303 e. The van der Waals surface area contributed by atoms with Crippen molar-refractivity contribution in [1.29, 1.82) is 5.26 Å². The van der Waals surface area contributed by atoms with Gasteiger partial charge in [-0.15, -0.1) is 0 Å². The molecule has 24 heavy (non-hydrogen) atoms. The van der Waals surface area contributed by atoms with Crippen molar-refractivity contribution in [3.63, 3.8) is 0 Å². The van der Waals surface area contributed by atoms with Gasteiger partial charge in [0.05, 0.1) is 0 Å². The number of fused-ring (bicyclic) bond motifs is 2. The number of benzene rings is 1. The van der Waals surface area contributed by atoms with E-state index in [0.29, 0.717) is 11.5 Å². The van der Waals surface area contributed by atoms with Crippen LogP contribution in [0, 0.1) is 11.5 Å². The molecule has 2 heterocycles. The van der Waals surface area contributed by atoms with Crippen LogP contribution in [0.2, 0.25) is 0 Å². The normalized spacial score (nSPS) is 31.1. The Kier molecular flexibility index (Phi) is 4.74. The Morgan fingerprint density at radius 2 is 2.12 bits per heavy atom. The van der Waals surface area contributed by atoms with Crippen molar-refractivity contribution in [2.24, 2.45) is 0 Å². The van der Waals surface area contributed by atoms with E-state index in [-0.39, 0.29) is 6.61 Å². The Labute approximate surface area is 139 Å². The SMILES string of the molecule is COC1OC2COc3ccccc3OC2C(NC#N)C1OC(C)=O. The van der Waals surface area contributed by atoms with Gasteiger partial charge in [0.15, 0.2) is 36.2 Å². The number of para-hydroxylation sites is 2. The number of ether oxygens (including phenoxy) is 5. The molecule has 2 aliphatic heterocycles. The Bertz CT molecular complexity index is 646. The van der Waals surface area contributed by atoms with Gasteiger partial charge >= 0.3 is 5.97 Å². The molecule has 0 aromatic heterocycles. The standard InChI is InChI=1S/C16H18N2O6/c1-9(19)22-15-13(18-8-17)14-12(24-16(15)20-2)7-21-10-5-3-4-6-11(10)23-14/h3-6,12-16,18H,7H2,1-2H3. The van der Waals surface area contributed by atoms with Gasteiger partial charge in [0.25, 0.3) is 0 Å². The van der Waals surface area contributed by atoms with E-state index in [9.17, 15) is 4.79 Å². The maximum absolute atomic E-state index is 11.4. The number of hydrogen-bond acceptors (Lipinski definition) is 8. The smallest absolute Gasteiger partial charge is 0.303 e. The van der Waals surface area contributed by atoms with Gasteiger partial charge in [0.1, 0.15) is 18.8 Å². The monoisotopic (exact) mass is 334 g/mol. The molecule has 8 nitrogen and oxygen atoms in total. The molecule has 0 saturated carbocycles. The molecule has 0 amide bonds. The van der Waals surface area contributed by atoms with E-state index in [1.807, 2.05) is 18.3 Å². The zero-order chi connectivity index (χ0) is 17.1. The van der Waals surface area contributed by atoms with Gasteiger partial charge in [-0.25, -0.2) is 0 Å². The highest BCUT2D eigenvalue weighted by molar-refractivity contribution is 5.66. The van der Waals surface area contributed by atoms with Crippen LogP contribution >= 0.6 is 0 Å². The van der Waals surface area contributed by atoms with Crippen LogP contribution in [-0.4, -0.2) is 50.3 Å². The van der Waals surface area contributed by atoms with Crippen LogP contribution in [0.15, 0.2) is 24.3 Å². The first kappa shape index (κ1) is 16.4. The summed E-state index contributed by atoms with van der Waals surface area (Å²) in [6, 6.07) is 6.57. The molecule has 1 fully saturated rings. The number of nitrogens with zero attached hydrogens (tertiary/aromatic N) is 1. The lowest BCUT2D eigenvalue weighted by atomic mass is 9.96. The highest BCUT2D eigenvalue weighted by Gasteiger charge is 2.51. The van der Waals surface area contributed by atoms with Gasteiger partial charge in [-0.2, -0.15) is 5.26 Å². The van der Waals surface area contributed by atoms with Crippen LogP contribution in [0.1, 0.15) is 6.92 Å². The first-order valence-corrected chi connectivity index (χ1v) is 7.52. The Balaban J connectivity index is 1.93. The van der Waals surface area contributed by atoms with Gasteiger partial charge in [-0.1, -0.05) is 12.1 Å². The van der Waals surface area contributed by atoms with Crippen molar-refractivity contribution >= 4 is 5.97 Å². The fourth-order valence-electron chi connectivity index (χ4n) is 2.93. The second-order valence-corrected chi connectivity index (χ2v) is 5.47. The predicted molar refractivity (Wildman–Crippen MR) is 80.1 cm³/mol. The molecule has 1 saturated heterocycles. The molecule has 1 N–H and O–H groups in total. The second-order valence-electron chi connectivity index (χ2n) is 5.47. The van der Waals surface area contributed by atoms with E-state index in [1.54, 1.807) is 12.1 Å². The molecule has 8 heteroatoms. The fraction of sp³-hybridized carbons (Fsp3) is 0.500. The van der Waals surface area contributed by atoms with Crippen molar-refractivity contribution in [3.05, 3.63) is 24.3 Å². The zero-order valence-electron chi connectivity index (χ0n) is 13.3. The van der Waals surface area contributed by atoms with Crippen LogP contribution in [0.4, 0.5) is 0 Å². The van der Waals surface area contributed by atoms with E-state index in [4.69, 9.17) is 28.9 Å². The Morgan fingerprint density at radius 3 is 2.79 bits per heavy atom. The number of methoxy groups -OCH3 is 1. The number of nitriles is 1. The average Bonchev–Trinajstić information content (AvgIpc) is 2.75. The molecule has 0 aliphatic carbocycles. The summed E-state index contributed by atoms with van der Waals surface area (Å²) in [7, 11) is 1.44. The molecule has 0 bridgehead atoms. The summed E-state index contributed by atoms with van der Waals surface area (Å²) in [6.45, 7) is 1.51. The van der Waals surface area contributed by atoms with Crippen LogP contribution in [0.25, 0.3) is 0 Å². The largest absolute Gasteiger partial charge is 0.487 e. The van der Waals surface area contributed by atoms with Crippen LogP contribution < -0.4 is 14.8 Å². The molecule has 5 atom stereocenters. The summed E-state index contributed by atoms with van der Waals surface area (Å²) in [4.78, 5) is 11.4. The first-order chi connectivity index (χ1) is 11.6. The third-order valence-corrected chi connectivity index (χ3v) is 3.93. The maximum atomic E-state index is 11.4. The molecular weight excluding hydrogens is 316 g/mol. The molecule has 1 aromatic rings. The van der Waals surface area contributed by atoms with Gasteiger partial charge in [-0.05, 0) is 12.1 Å². The summed E-state index contributed by atoms with van der Waals surface area (Å²) in [6.07, 6.45) is -0.877. The van der Waals surface area contributed by atoms with Gasteiger partial charge in [0, 0.05) is 14.0 Å². The fourth-order valence-corrected chi connectivity index (χ4v) is 2.93. The lowest BCUT2D eigenvalue weighted by Crippen LogP contribution is -2.65. The van der Waals surface area contributed by atoms with Gasteiger partial charge < -0.3 is 29.0 Å². The van der Waals surface area contributed by atoms with Crippen molar-refractivity contribution < 1.29 is 28.5 Å². The van der Waals surface area contributed by atoms with E-state index in [2.05, 4.69) is 5.32 Å². The van der Waals surface area contributed by atoms with Crippen molar-refractivity contribution in [3.8, 4) is 17.7 Å². The number of carbonyl (C=O) groups is 1. The number of nitrogens with one attached hydrogen (secondary N) is 1.